The van der Waals surface area contributed by atoms with Crippen molar-refractivity contribution in [3.8, 4) is 22.8 Å². The molecule has 0 unspecified atom stereocenters. The van der Waals surface area contributed by atoms with Crippen LogP contribution in [0, 0.1) is 13.8 Å². The van der Waals surface area contributed by atoms with E-state index in [1.807, 2.05) is 79.1 Å². The molecule has 0 aliphatic heterocycles. The zero-order valence-corrected chi connectivity index (χ0v) is 20.1. The highest BCUT2D eigenvalue weighted by molar-refractivity contribution is 7.99. The zero-order chi connectivity index (χ0) is 23.4. The number of aromatic nitrogens is 3. The maximum Gasteiger partial charge on any atom is 0.234 e. The van der Waals surface area contributed by atoms with Crippen molar-refractivity contribution in [1.29, 1.82) is 0 Å². The molecule has 0 aliphatic rings. The number of methoxy groups -OCH3 is 1. The number of thioether (sulfide) groups is 1. The lowest BCUT2D eigenvalue weighted by Crippen LogP contribution is -2.15. The number of nitrogens with zero attached hydrogens (tertiary/aromatic N) is 3. The van der Waals surface area contributed by atoms with E-state index in [4.69, 9.17) is 16.3 Å². The third-order valence-electron chi connectivity index (χ3n) is 4.96. The Morgan fingerprint density at radius 1 is 1.03 bits per heavy atom. The summed E-state index contributed by atoms with van der Waals surface area (Å²) in [4.78, 5) is 12.7. The van der Waals surface area contributed by atoms with Gasteiger partial charge in [-0.3, -0.25) is 9.36 Å². The van der Waals surface area contributed by atoms with Gasteiger partial charge in [-0.2, -0.15) is 0 Å². The van der Waals surface area contributed by atoms with Crippen LogP contribution in [0.2, 0.25) is 5.02 Å². The molecule has 1 amide bonds. The lowest BCUT2D eigenvalue weighted by molar-refractivity contribution is -0.113. The molecule has 0 saturated heterocycles. The number of hydrogen-bond donors (Lipinski definition) is 1. The first kappa shape index (κ1) is 22.9. The number of halogens is 1. The Hall–Kier alpha value is -3.29. The van der Waals surface area contributed by atoms with Gasteiger partial charge < -0.3 is 10.1 Å². The summed E-state index contributed by atoms with van der Waals surface area (Å²) < 4.78 is 7.29. The molecule has 6 nitrogen and oxygen atoms in total. The molecule has 8 heteroatoms. The van der Waals surface area contributed by atoms with Crippen LogP contribution in [-0.2, 0) is 4.79 Å². The topological polar surface area (TPSA) is 69.0 Å². The molecule has 0 radical (unpaired) electrons. The number of rotatable bonds is 7. The highest BCUT2D eigenvalue weighted by Crippen LogP contribution is 2.30. The Kier molecular flexibility index (Phi) is 7.01. The predicted molar refractivity (Wildman–Crippen MR) is 134 cm³/mol. The second-order valence-electron chi connectivity index (χ2n) is 7.53. The Labute approximate surface area is 202 Å². The number of amides is 1. The first-order chi connectivity index (χ1) is 15.9. The molecule has 0 aliphatic carbocycles. The van der Waals surface area contributed by atoms with E-state index in [1.165, 1.54) is 11.8 Å². The molecule has 4 aromatic rings. The van der Waals surface area contributed by atoms with E-state index in [2.05, 4.69) is 21.6 Å². The molecule has 0 saturated carbocycles. The number of hydrogen-bond acceptors (Lipinski definition) is 5. The van der Waals surface area contributed by atoms with Gasteiger partial charge in [0.25, 0.3) is 0 Å². The molecule has 3 aromatic carbocycles. The van der Waals surface area contributed by atoms with Crippen molar-refractivity contribution in [1.82, 2.24) is 14.8 Å². The molecular formula is C25H23ClN4O2S. The highest BCUT2D eigenvalue weighted by atomic mass is 35.5. The lowest BCUT2D eigenvalue weighted by atomic mass is 10.1. The van der Waals surface area contributed by atoms with Gasteiger partial charge >= 0.3 is 0 Å². The zero-order valence-electron chi connectivity index (χ0n) is 18.5. The van der Waals surface area contributed by atoms with Crippen LogP contribution in [0.15, 0.2) is 71.9 Å². The second kappa shape index (κ2) is 10.1. The van der Waals surface area contributed by atoms with E-state index in [-0.39, 0.29) is 11.7 Å². The SMILES string of the molecule is COc1ccc(C)cc1NC(=O)CSc1nnc(-c2cccc(C)c2)n1-c1ccc(Cl)cc1. The molecule has 4 rings (SSSR count). The molecule has 1 heterocycles. The van der Waals surface area contributed by atoms with Crippen molar-refractivity contribution in [2.75, 3.05) is 18.2 Å². The molecule has 1 aromatic heterocycles. The van der Waals surface area contributed by atoms with Gasteiger partial charge in [0.15, 0.2) is 11.0 Å². The summed E-state index contributed by atoms with van der Waals surface area (Å²) >= 11 is 7.41. The Morgan fingerprint density at radius 3 is 2.52 bits per heavy atom. The average molecular weight is 479 g/mol. The smallest absolute Gasteiger partial charge is 0.234 e. The summed E-state index contributed by atoms with van der Waals surface area (Å²) in [5.41, 5.74) is 4.60. The second-order valence-corrected chi connectivity index (χ2v) is 8.91. The van der Waals surface area contributed by atoms with Crippen molar-refractivity contribution < 1.29 is 9.53 Å². The fourth-order valence-corrected chi connectivity index (χ4v) is 4.27. The summed E-state index contributed by atoms with van der Waals surface area (Å²) in [6, 6.07) is 21.2. The quantitative estimate of drug-likeness (QED) is 0.333. The van der Waals surface area contributed by atoms with E-state index < -0.39 is 0 Å². The number of anilines is 1. The third kappa shape index (κ3) is 5.38. The summed E-state index contributed by atoms with van der Waals surface area (Å²) in [5, 5.41) is 13.0. The molecule has 0 atom stereocenters. The minimum absolute atomic E-state index is 0.160. The standard InChI is InChI=1S/C25H23ClN4O2S/c1-16-5-4-6-18(13-16)24-28-29-25(30(24)20-10-8-19(26)9-11-20)33-15-23(31)27-21-14-17(2)7-12-22(21)32-3/h4-14H,15H2,1-3H3,(H,27,31). The van der Waals surface area contributed by atoms with Gasteiger partial charge in [0, 0.05) is 16.3 Å². The Morgan fingerprint density at radius 2 is 1.79 bits per heavy atom. The van der Waals surface area contributed by atoms with E-state index >= 15 is 0 Å². The van der Waals surface area contributed by atoms with Crippen LogP contribution >= 0.6 is 23.4 Å². The minimum Gasteiger partial charge on any atom is -0.495 e. The molecule has 0 spiro atoms. The normalized spacial score (nSPS) is 10.8. The predicted octanol–water partition coefficient (Wildman–Crippen LogP) is 5.94. The van der Waals surface area contributed by atoms with Gasteiger partial charge in [0.1, 0.15) is 5.75 Å². The maximum atomic E-state index is 12.7. The van der Waals surface area contributed by atoms with Crippen molar-refractivity contribution in [3.63, 3.8) is 0 Å². The monoisotopic (exact) mass is 478 g/mol. The summed E-state index contributed by atoms with van der Waals surface area (Å²) in [7, 11) is 1.58. The number of carbonyl (C=O) groups is 1. The molecular weight excluding hydrogens is 456 g/mol. The number of benzene rings is 3. The average Bonchev–Trinajstić information content (AvgIpc) is 3.22. The van der Waals surface area contributed by atoms with Crippen LogP contribution in [0.3, 0.4) is 0 Å². The van der Waals surface area contributed by atoms with E-state index in [1.54, 1.807) is 7.11 Å². The van der Waals surface area contributed by atoms with Crippen LogP contribution in [-0.4, -0.2) is 33.5 Å². The molecule has 1 N–H and O–H groups in total. The van der Waals surface area contributed by atoms with Crippen molar-refractivity contribution in [2.24, 2.45) is 0 Å². The largest absolute Gasteiger partial charge is 0.495 e. The van der Waals surface area contributed by atoms with Crippen LogP contribution < -0.4 is 10.1 Å². The van der Waals surface area contributed by atoms with Gasteiger partial charge in [0.2, 0.25) is 5.91 Å². The van der Waals surface area contributed by atoms with Gasteiger partial charge in [-0.15, -0.1) is 10.2 Å². The fourth-order valence-electron chi connectivity index (χ4n) is 3.39. The number of carbonyl (C=O) groups excluding carboxylic acids is 1. The van der Waals surface area contributed by atoms with Gasteiger partial charge in [-0.1, -0.05) is 53.2 Å². The van der Waals surface area contributed by atoms with Crippen LogP contribution in [0.4, 0.5) is 5.69 Å². The van der Waals surface area contributed by atoms with E-state index in [0.29, 0.717) is 27.4 Å². The van der Waals surface area contributed by atoms with Crippen molar-refractivity contribution in [2.45, 2.75) is 19.0 Å². The number of nitrogens with one attached hydrogen (secondary N) is 1. The Balaban J connectivity index is 1.61. The van der Waals surface area contributed by atoms with Gasteiger partial charge in [-0.05, 0) is 61.9 Å². The Bertz CT molecular complexity index is 1290. The summed E-state index contributed by atoms with van der Waals surface area (Å²) in [5.74, 6) is 1.32. The molecule has 168 valence electrons. The van der Waals surface area contributed by atoms with Crippen molar-refractivity contribution in [3.05, 3.63) is 82.9 Å². The lowest BCUT2D eigenvalue weighted by Gasteiger charge is -2.12. The first-order valence-corrected chi connectivity index (χ1v) is 11.7. The van der Waals surface area contributed by atoms with E-state index in [0.717, 1.165) is 22.4 Å². The molecule has 0 bridgehead atoms. The van der Waals surface area contributed by atoms with Crippen molar-refractivity contribution >= 4 is 35.0 Å². The maximum absolute atomic E-state index is 12.7. The highest BCUT2D eigenvalue weighted by Gasteiger charge is 2.18. The van der Waals surface area contributed by atoms with E-state index in [9.17, 15) is 4.79 Å². The molecule has 33 heavy (non-hydrogen) atoms. The third-order valence-corrected chi connectivity index (χ3v) is 6.14. The number of ether oxygens (including phenoxy) is 1. The minimum atomic E-state index is -0.160. The van der Waals surface area contributed by atoms with Crippen LogP contribution in [0.25, 0.3) is 17.1 Å². The summed E-state index contributed by atoms with van der Waals surface area (Å²) in [6.45, 7) is 4.00. The van der Waals surface area contributed by atoms with Crippen LogP contribution in [0.1, 0.15) is 11.1 Å². The number of aryl methyl sites for hydroxylation is 2. The van der Waals surface area contributed by atoms with Gasteiger partial charge in [0.05, 0.1) is 18.6 Å². The van der Waals surface area contributed by atoms with Gasteiger partial charge in [-0.25, -0.2) is 0 Å². The fraction of sp³-hybridized carbons (Fsp3) is 0.160. The summed E-state index contributed by atoms with van der Waals surface area (Å²) in [6.07, 6.45) is 0. The molecule has 0 fully saturated rings. The first-order valence-electron chi connectivity index (χ1n) is 10.3. The van der Waals surface area contributed by atoms with Crippen LogP contribution in [0.5, 0.6) is 5.75 Å².